The van der Waals surface area contributed by atoms with Crippen molar-refractivity contribution in [2.45, 2.75) is 43.4 Å². The van der Waals surface area contributed by atoms with Crippen LogP contribution in [0.2, 0.25) is 5.02 Å². The molecule has 2 aliphatic rings. The van der Waals surface area contributed by atoms with Gasteiger partial charge in [0.05, 0.1) is 22.7 Å². The largest absolute Gasteiger partial charge is 0.386 e. The van der Waals surface area contributed by atoms with E-state index in [1.807, 2.05) is 0 Å². The van der Waals surface area contributed by atoms with Gasteiger partial charge in [-0.1, -0.05) is 11.6 Å². The molecule has 0 bridgehead atoms. The Balaban J connectivity index is 1.67. The number of aryl methyl sites for hydroxylation is 1. The van der Waals surface area contributed by atoms with Crippen LogP contribution >= 0.6 is 22.2 Å². The lowest BCUT2D eigenvalue weighted by atomic mass is 9.82. The molecule has 1 amide bonds. The monoisotopic (exact) mass is 467 g/mol. The van der Waals surface area contributed by atoms with Crippen molar-refractivity contribution < 1.29 is 18.3 Å². The minimum atomic E-state index is -3.16. The number of nitrogens with one attached hydrogen (secondary N) is 1. The second-order valence-corrected chi connectivity index (χ2v) is 11.1. The molecule has 2 aromatic heterocycles. The number of pyridine rings is 2. The Labute approximate surface area is 185 Å². The third-order valence-corrected chi connectivity index (χ3v) is 9.08. The second-order valence-electron chi connectivity index (χ2n) is 8.27. The van der Waals surface area contributed by atoms with E-state index < -0.39 is 32.7 Å². The van der Waals surface area contributed by atoms with Gasteiger partial charge in [0.1, 0.15) is 21.8 Å². The first-order valence-electron chi connectivity index (χ1n) is 9.68. The molecule has 5 N–H and O–H groups in total. The first kappa shape index (κ1) is 21.9. The standard InChI is InChI=1S/C20H23ClFN5O3S/c1-11-6-12(21)8-24-15(11)17(28)26-13-7-14(16(22)25-9-13)19(2)10-31(29,30)20(4-3-5-20)18(23)27-19/h6-9,29-30H,3-5,10H2,1-2H3,(H2,23,27)(H,26,28)/t19-/m0/s1. The van der Waals surface area contributed by atoms with Gasteiger partial charge in [0.25, 0.3) is 5.91 Å². The molecule has 1 saturated carbocycles. The highest BCUT2D eigenvalue weighted by Crippen LogP contribution is 2.66. The molecule has 31 heavy (non-hydrogen) atoms. The summed E-state index contributed by atoms with van der Waals surface area (Å²) in [6.07, 6.45) is 4.46. The maximum absolute atomic E-state index is 14.7. The Morgan fingerprint density at radius 3 is 2.58 bits per heavy atom. The Bertz CT molecular complexity index is 1110. The van der Waals surface area contributed by atoms with Gasteiger partial charge in [-0.05, 0) is 50.8 Å². The number of rotatable bonds is 3. The zero-order valence-electron chi connectivity index (χ0n) is 17.0. The number of amides is 1. The summed E-state index contributed by atoms with van der Waals surface area (Å²) in [5, 5.41) is 3.05. The molecule has 1 atom stereocenters. The van der Waals surface area contributed by atoms with Gasteiger partial charge in [-0.15, -0.1) is 0 Å². The Morgan fingerprint density at radius 2 is 2.00 bits per heavy atom. The second kappa shape index (κ2) is 7.40. The summed E-state index contributed by atoms with van der Waals surface area (Å²) < 4.78 is 35.5. The molecule has 166 valence electrons. The van der Waals surface area contributed by atoms with Crippen LogP contribution in [0.15, 0.2) is 29.5 Å². The van der Waals surface area contributed by atoms with E-state index in [9.17, 15) is 18.3 Å². The number of halogens is 2. The average molecular weight is 468 g/mol. The number of nitrogens with zero attached hydrogens (tertiary/aromatic N) is 3. The summed E-state index contributed by atoms with van der Waals surface area (Å²) >= 11 is 5.88. The summed E-state index contributed by atoms with van der Waals surface area (Å²) in [5.74, 6) is -1.38. The number of amidine groups is 1. The van der Waals surface area contributed by atoms with Crippen LogP contribution in [0.1, 0.15) is 47.8 Å². The number of aliphatic imine (C=N–C) groups is 1. The van der Waals surface area contributed by atoms with Crippen LogP contribution in [0.4, 0.5) is 10.1 Å². The van der Waals surface area contributed by atoms with E-state index in [0.717, 1.165) is 6.42 Å². The van der Waals surface area contributed by atoms with Crippen molar-refractivity contribution in [3.05, 3.63) is 52.3 Å². The van der Waals surface area contributed by atoms with Gasteiger partial charge >= 0.3 is 0 Å². The zero-order chi connectivity index (χ0) is 22.6. The lowest BCUT2D eigenvalue weighted by Gasteiger charge is -2.60. The molecule has 0 unspecified atom stereocenters. The molecule has 1 aliphatic carbocycles. The van der Waals surface area contributed by atoms with Crippen molar-refractivity contribution >= 4 is 39.6 Å². The van der Waals surface area contributed by atoms with Crippen molar-refractivity contribution in [3.8, 4) is 0 Å². The van der Waals surface area contributed by atoms with E-state index in [-0.39, 0.29) is 28.5 Å². The molecule has 0 aromatic carbocycles. The number of aromatic nitrogens is 2. The van der Waals surface area contributed by atoms with Crippen LogP contribution in [0.25, 0.3) is 0 Å². The number of hydrogen-bond acceptors (Lipinski definition) is 7. The fraction of sp³-hybridized carbons (Fsp3) is 0.400. The number of hydrogen-bond donors (Lipinski definition) is 4. The zero-order valence-corrected chi connectivity index (χ0v) is 18.6. The lowest BCUT2D eigenvalue weighted by molar-refractivity contribution is 0.102. The number of carbonyl (C=O) groups is 1. The van der Waals surface area contributed by atoms with Gasteiger partial charge in [-0.2, -0.15) is 15.0 Å². The van der Waals surface area contributed by atoms with E-state index in [2.05, 4.69) is 20.3 Å². The molecule has 1 spiro atoms. The SMILES string of the molecule is Cc1cc(Cl)cnc1C(=O)Nc1cnc(F)c([C@]2(C)CS(O)(O)C3(CCC3)C(N)=N2)c1. The first-order valence-corrected chi connectivity index (χ1v) is 11.8. The number of anilines is 1. The van der Waals surface area contributed by atoms with Crippen molar-refractivity contribution in [2.75, 3.05) is 11.1 Å². The van der Waals surface area contributed by atoms with Crippen molar-refractivity contribution in [1.82, 2.24) is 9.97 Å². The molecule has 3 heterocycles. The van der Waals surface area contributed by atoms with Gasteiger partial charge in [0.15, 0.2) is 0 Å². The molecule has 8 nitrogen and oxygen atoms in total. The molecular formula is C20H23ClFN5O3S. The lowest BCUT2D eigenvalue weighted by Crippen LogP contribution is -2.59. The Morgan fingerprint density at radius 1 is 1.29 bits per heavy atom. The fourth-order valence-corrected chi connectivity index (χ4v) is 6.99. The van der Waals surface area contributed by atoms with Gasteiger partial charge < -0.3 is 11.1 Å². The third kappa shape index (κ3) is 3.57. The minimum Gasteiger partial charge on any atom is -0.386 e. The maximum atomic E-state index is 14.7. The van der Waals surface area contributed by atoms with Gasteiger partial charge in [0, 0.05) is 11.8 Å². The van der Waals surface area contributed by atoms with E-state index >= 15 is 0 Å². The average Bonchev–Trinajstić information content (AvgIpc) is 2.60. The molecular weight excluding hydrogens is 445 g/mol. The Hall–Kier alpha value is -2.27. The van der Waals surface area contributed by atoms with E-state index in [0.29, 0.717) is 23.4 Å². The molecule has 0 saturated heterocycles. The van der Waals surface area contributed by atoms with E-state index in [1.165, 1.54) is 18.5 Å². The van der Waals surface area contributed by atoms with E-state index in [1.54, 1.807) is 19.9 Å². The Kier molecular flexibility index (Phi) is 5.24. The highest BCUT2D eigenvalue weighted by Gasteiger charge is 2.57. The highest BCUT2D eigenvalue weighted by molar-refractivity contribution is 8.26. The van der Waals surface area contributed by atoms with Crippen LogP contribution in [0, 0.1) is 12.9 Å². The van der Waals surface area contributed by atoms with Crippen LogP contribution in [-0.4, -0.2) is 41.3 Å². The maximum Gasteiger partial charge on any atom is 0.274 e. The summed E-state index contributed by atoms with van der Waals surface area (Å²) in [6.45, 7) is 3.28. The first-order chi connectivity index (χ1) is 14.5. The summed E-state index contributed by atoms with van der Waals surface area (Å²) in [7, 11) is -3.16. The molecule has 4 rings (SSSR count). The van der Waals surface area contributed by atoms with Gasteiger partial charge in [0.2, 0.25) is 5.95 Å². The normalized spacial score (nSPS) is 24.8. The minimum absolute atomic E-state index is 0.0168. The topological polar surface area (TPSA) is 134 Å². The molecule has 1 fully saturated rings. The summed E-state index contributed by atoms with van der Waals surface area (Å²) in [6, 6.07) is 3.00. The van der Waals surface area contributed by atoms with Crippen LogP contribution in [0.5, 0.6) is 0 Å². The quantitative estimate of drug-likeness (QED) is 0.502. The summed E-state index contributed by atoms with van der Waals surface area (Å²) in [4.78, 5) is 24.9. The molecule has 0 radical (unpaired) electrons. The van der Waals surface area contributed by atoms with Crippen molar-refractivity contribution in [3.63, 3.8) is 0 Å². The van der Waals surface area contributed by atoms with E-state index in [4.69, 9.17) is 17.3 Å². The van der Waals surface area contributed by atoms with Crippen molar-refractivity contribution in [2.24, 2.45) is 10.7 Å². The number of carbonyl (C=O) groups excluding carboxylic acids is 1. The predicted octanol–water partition coefficient (Wildman–Crippen LogP) is 4.09. The van der Waals surface area contributed by atoms with Crippen LogP contribution in [-0.2, 0) is 5.54 Å². The molecule has 11 heteroatoms. The van der Waals surface area contributed by atoms with Gasteiger partial charge in [-0.3, -0.25) is 18.9 Å². The molecule has 1 aliphatic heterocycles. The predicted molar refractivity (Wildman–Crippen MR) is 119 cm³/mol. The smallest absolute Gasteiger partial charge is 0.274 e. The number of nitrogens with two attached hydrogens (primary N) is 1. The van der Waals surface area contributed by atoms with Crippen molar-refractivity contribution in [1.29, 1.82) is 0 Å². The molecule has 2 aromatic rings. The van der Waals surface area contributed by atoms with Crippen LogP contribution < -0.4 is 11.1 Å². The van der Waals surface area contributed by atoms with Crippen LogP contribution in [0.3, 0.4) is 0 Å². The summed E-state index contributed by atoms with van der Waals surface area (Å²) in [5.41, 5.74) is 5.80. The van der Waals surface area contributed by atoms with Gasteiger partial charge in [-0.25, -0.2) is 9.97 Å². The fourth-order valence-electron chi connectivity index (χ4n) is 4.18. The highest BCUT2D eigenvalue weighted by atomic mass is 35.5. The third-order valence-electron chi connectivity index (χ3n) is 6.04.